The van der Waals surface area contributed by atoms with Crippen molar-refractivity contribution in [3.8, 4) is 17.2 Å². The highest BCUT2D eigenvalue weighted by Crippen LogP contribution is 2.37. The van der Waals surface area contributed by atoms with Crippen LogP contribution in [0.5, 0.6) is 17.2 Å². The molecule has 0 aliphatic carbocycles. The Bertz CT molecular complexity index is 828. The minimum atomic E-state index is -0.833. The lowest BCUT2D eigenvalue weighted by molar-refractivity contribution is -0.134. The molecular formula is C20H21F2NO4. The van der Waals surface area contributed by atoms with Gasteiger partial charge in [-0.1, -0.05) is 6.07 Å². The summed E-state index contributed by atoms with van der Waals surface area (Å²) in [6, 6.07) is 8.44. The van der Waals surface area contributed by atoms with E-state index in [2.05, 4.69) is 0 Å². The van der Waals surface area contributed by atoms with Gasteiger partial charge in [-0.05, 0) is 42.7 Å². The summed E-state index contributed by atoms with van der Waals surface area (Å²) < 4.78 is 42.5. The molecule has 5 nitrogen and oxygen atoms in total. The van der Waals surface area contributed by atoms with E-state index in [0.29, 0.717) is 18.0 Å². The topological polar surface area (TPSA) is 48.0 Å². The number of amides is 1. The second-order valence-electron chi connectivity index (χ2n) is 6.22. The first kappa shape index (κ1) is 18.9. The molecule has 0 spiro atoms. The molecule has 1 unspecified atom stereocenters. The molecule has 7 heteroatoms. The molecule has 0 saturated carbocycles. The Hall–Kier alpha value is -2.83. The number of nitrogens with zero attached hydrogens (tertiary/aromatic N) is 1. The number of hydrogen-bond donors (Lipinski definition) is 0. The third-order valence-corrected chi connectivity index (χ3v) is 4.61. The Morgan fingerprint density at radius 2 is 1.81 bits per heavy atom. The zero-order chi connectivity index (χ0) is 19.4. The van der Waals surface area contributed by atoms with E-state index in [1.165, 1.54) is 6.07 Å². The monoisotopic (exact) mass is 377 g/mol. The number of ether oxygens (including phenoxy) is 3. The fraction of sp³-hybridized carbons (Fsp3) is 0.350. The minimum absolute atomic E-state index is 0.112. The van der Waals surface area contributed by atoms with Crippen molar-refractivity contribution in [2.45, 2.75) is 18.9 Å². The number of methoxy groups -OCH3 is 2. The van der Waals surface area contributed by atoms with Gasteiger partial charge in [0.2, 0.25) is 0 Å². The summed E-state index contributed by atoms with van der Waals surface area (Å²) in [5, 5.41) is 0. The van der Waals surface area contributed by atoms with Gasteiger partial charge in [-0.25, -0.2) is 8.78 Å². The van der Waals surface area contributed by atoms with Crippen molar-refractivity contribution >= 4 is 5.91 Å². The van der Waals surface area contributed by atoms with Gasteiger partial charge in [0.15, 0.2) is 29.7 Å². The van der Waals surface area contributed by atoms with Crippen molar-refractivity contribution in [1.29, 1.82) is 0 Å². The van der Waals surface area contributed by atoms with E-state index in [9.17, 15) is 13.6 Å². The van der Waals surface area contributed by atoms with Crippen LogP contribution < -0.4 is 14.2 Å². The zero-order valence-corrected chi connectivity index (χ0v) is 15.2. The molecule has 1 saturated heterocycles. The Balaban J connectivity index is 1.71. The highest BCUT2D eigenvalue weighted by atomic mass is 19.1. The lowest BCUT2D eigenvalue weighted by Gasteiger charge is -2.25. The van der Waals surface area contributed by atoms with Crippen LogP contribution in [0, 0.1) is 11.6 Å². The summed E-state index contributed by atoms with van der Waals surface area (Å²) in [5.74, 6) is -0.714. The molecule has 3 rings (SSSR count). The van der Waals surface area contributed by atoms with Crippen LogP contribution in [0.4, 0.5) is 8.78 Å². The quantitative estimate of drug-likeness (QED) is 0.770. The Morgan fingerprint density at radius 3 is 2.52 bits per heavy atom. The van der Waals surface area contributed by atoms with E-state index in [4.69, 9.17) is 14.2 Å². The molecule has 27 heavy (non-hydrogen) atoms. The van der Waals surface area contributed by atoms with E-state index in [-0.39, 0.29) is 24.3 Å². The van der Waals surface area contributed by atoms with Gasteiger partial charge in [-0.15, -0.1) is 0 Å². The molecule has 0 aromatic heterocycles. The number of carbonyl (C=O) groups is 1. The molecule has 1 aliphatic heterocycles. The summed E-state index contributed by atoms with van der Waals surface area (Å²) >= 11 is 0. The summed E-state index contributed by atoms with van der Waals surface area (Å²) in [5.41, 5.74) is 0.937. The summed E-state index contributed by atoms with van der Waals surface area (Å²) in [4.78, 5) is 14.3. The molecule has 2 aromatic rings. The van der Waals surface area contributed by atoms with Crippen molar-refractivity contribution in [1.82, 2.24) is 4.90 Å². The lowest BCUT2D eigenvalue weighted by Crippen LogP contribution is -2.34. The summed E-state index contributed by atoms with van der Waals surface area (Å²) in [6.07, 6.45) is 1.67. The van der Waals surface area contributed by atoms with Crippen LogP contribution in [0.25, 0.3) is 0 Å². The number of likely N-dealkylation sites (tertiary alicyclic amines) is 1. The first-order chi connectivity index (χ1) is 13.0. The largest absolute Gasteiger partial charge is 0.493 e. The molecule has 1 atom stereocenters. The number of carbonyl (C=O) groups excluding carboxylic acids is 1. The van der Waals surface area contributed by atoms with Crippen molar-refractivity contribution < 1.29 is 27.8 Å². The smallest absolute Gasteiger partial charge is 0.261 e. The fourth-order valence-electron chi connectivity index (χ4n) is 3.29. The first-order valence-corrected chi connectivity index (χ1v) is 8.62. The molecule has 1 amide bonds. The van der Waals surface area contributed by atoms with Gasteiger partial charge in [0.05, 0.1) is 20.3 Å². The highest BCUT2D eigenvalue weighted by Gasteiger charge is 2.30. The van der Waals surface area contributed by atoms with Gasteiger partial charge in [-0.3, -0.25) is 4.79 Å². The average molecular weight is 377 g/mol. The molecule has 1 fully saturated rings. The maximum absolute atomic E-state index is 13.7. The van der Waals surface area contributed by atoms with E-state index in [0.717, 1.165) is 30.5 Å². The molecule has 144 valence electrons. The molecule has 0 radical (unpaired) electrons. The van der Waals surface area contributed by atoms with Crippen LogP contribution in [-0.2, 0) is 4.79 Å². The van der Waals surface area contributed by atoms with Gasteiger partial charge in [0, 0.05) is 12.6 Å². The van der Waals surface area contributed by atoms with Crippen LogP contribution in [0.15, 0.2) is 36.4 Å². The minimum Gasteiger partial charge on any atom is -0.493 e. The zero-order valence-electron chi connectivity index (χ0n) is 15.2. The van der Waals surface area contributed by atoms with Crippen LogP contribution in [0.2, 0.25) is 0 Å². The van der Waals surface area contributed by atoms with Crippen molar-refractivity contribution in [3.05, 3.63) is 53.6 Å². The van der Waals surface area contributed by atoms with Crippen molar-refractivity contribution in [2.75, 3.05) is 27.4 Å². The van der Waals surface area contributed by atoms with Gasteiger partial charge in [0.1, 0.15) is 5.82 Å². The van der Waals surface area contributed by atoms with E-state index < -0.39 is 11.6 Å². The Kier molecular flexibility index (Phi) is 5.78. The maximum Gasteiger partial charge on any atom is 0.261 e. The van der Waals surface area contributed by atoms with Gasteiger partial charge in [0.25, 0.3) is 5.91 Å². The van der Waals surface area contributed by atoms with Crippen LogP contribution in [-0.4, -0.2) is 38.2 Å². The number of rotatable bonds is 6. The fourth-order valence-corrected chi connectivity index (χ4v) is 3.29. The van der Waals surface area contributed by atoms with E-state index in [1.807, 2.05) is 12.1 Å². The maximum atomic E-state index is 13.7. The normalized spacial score (nSPS) is 16.3. The van der Waals surface area contributed by atoms with E-state index >= 15 is 0 Å². The molecule has 2 aromatic carbocycles. The van der Waals surface area contributed by atoms with Gasteiger partial charge >= 0.3 is 0 Å². The van der Waals surface area contributed by atoms with Crippen LogP contribution >= 0.6 is 0 Å². The van der Waals surface area contributed by atoms with Gasteiger partial charge < -0.3 is 19.1 Å². The molecular weight excluding hydrogens is 356 g/mol. The predicted octanol–water partition coefficient (Wildman–Crippen LogP) is 3.72. The van der Waals surface area contributed by atoms with Crippen molar-refractivity contribution in [2.24, 2.45) is 0 Å². The first-order valence-electron chi connectivity index (χ1n) is 8.62. The summed E-state index contributed by atoms with van der Waals surface area (Å²) in [7, 11) is 3.12. The van der Waals surface area contributed by atoms with Crippen LogP contribution in [0.3, 0.4) is 0 Å². The Morgan fingerprint density at radius 1 is 1.07 bits per heavy atom. The average Bonchev–Trinajstić information content (AvgIpc) is 3.16. The van der Waals surface area contributed by atoms with Crippen molar-refractivity contribution in [3.63, 3.8) is 0 Å². The molecule has 1 aliphatic rings. The number of hydrogen-bond acceptors (Lipinski definition) is 4. The predicted molar refractivity (Wildman–Crippen MR) is 95.1 cm³/mol. The SMILES string of the molecule is COc1ccc(C2CCCN2C(=O)COc2ccc(F)cc2F)cc1OC. The molecule has 0 N–H and O–H groups in total. The lowest BCUT2D eigenvalue weighted by atomic mass is 10.0. The highest BCUT2D eigenvalue weighted by molar-refractivity contribution is 5.78. The molecule has 1 heterocycles. The second kappa shape index (κ2) is 8.24. The standard InChI is InChI=1S/C20H21F2NO4/c1-25-18-7-5-13(10-19(18)26-2)16-4-3-9-23(16)20(24)12-27-17-8-6-14(21)11-15(17)22/h5-8,10-11,16H,3-4,9,12H2,1-2H3. The third-order valence-electron chi connectivity index (χ3n) is 4.61. The second-order valence-corrected chi connectivity index (χ2v) is 6.22. The third kappa shape index (κ3) is 4.13. The number of benzene rings is 2. The summed E-state index contributed by atoms with van der Waals surface area (Å²) in [6.45, 7) is 0.277. The Labute approximate surface area is 156 Å². The number of halogens is 2. The van der Waals surface area contributed by atoms with Gasteiger partial charge in [-0.2, -0.15) is 0 Å². The van der Waals surface area contributed by atoms with Crippen LogP contribution in [0.1, 0.15) is 24.4 Å². The van der Waals surface area contributed by atoms with E-state index in [1.54, 1.807) is 25.2 Å². The molecule has 0 bridgehead atoms.